The number of nitrogens with zero attached hydrogens (tertiary/aromatic N) is 1. The zero-order chi connectivity index (χ0) is 27.6. The lowest BCUT2D eigenvalue weighted by Gasteiger charge is -2.24. The number of halogens is 1. The van der Waals surface area contributed by atoms with E-state index in [0.717, 1.165) is 11.1 Å². The lowest BCUT2D eigenvalue weighted by Crippen LogP contribution is -2.35. The number of carbonyl (C=O) groups excluding carboxylic acids is 2. The van der Waals surface area contributed by atoms with Crippen LogP contribution < -0.4 is 5.32 Å². The lowest BCUT2D eigenvalue weighted by atomic mass is 9.94. The summed E-state index contributed by atoms with van der Waals surface area (Å²) in [5.74, 6) is -1.53. The Morgan fingerprint density at radius 1 is 0.718 bits per heavy atom. The Hall–Kier alpha value is -4.42. The zero-order valence-electron chi connectivity index (χ0n) is 21.3. The third-order valence-corrected chi connectivity index (χ3v) is 6.59. The highest BCUT2D eigenvalue weighted by molar-refractivity contribution is 6.30. The van der Waals surface area contributed by atoms with Crippen molar-refractivity contribution in [2.75, 3.05) is 13.1 Å². The Bertz CT molecular complexity index is 1460. The number of carbonyl (C=O) groups is 3. The largest absolute Gasteiger partial charge is 0.481 e. The van der Waals surface area contributed by atoms with Crippen LogP contribution in [0.3, 0.4) is 0 Å². The topological polar surface area (TPSA) is 86.7 Å². The molecule has 0 radical (unpaired) electrons. The fraction of sp³-hybridized carbons (Fsp3) is 0.156. The van der Waals surface area contributed by atoms with Crippen molar-refractivity contribution in [2.24, 2.45) is 0 Å². The molecule has 39 heavy (non-hydrogen) atoms. The van der Waals surface area contributed by atoms with Crippen molar-refractivity contribution in [3.8, 4) is 11.1 Å². The van der Waals surface area contributed by atoms with E-state index in [9.17, 15) is 19.5 Å². The average molecular weight is 541 g/mol. The molecule has 0 atom stereocenters. The summed E-state index contributed by atoms with van der Waals surface area (Å²) in [6, 6.07) is 31.3. The van der Waals surface area contributed by atoms with E-state index in [2.05, 4.69) is 5.32 Å². The van der Waals surface area contributed by atoms with E-state index < -0.39 is 5.97 Å². The minimum absolute atomic E-state index is 0.0805. The van der Waals surface area contributed by atoms with E-state index in [1.165, 1.54) is 0 Å². The minimum atomic E-state index is -0.970. The quantitative estimate of drug-likeness (QED) is 0.241. The van der Waals surface area contributed by atoms with Gasteiger partial charge in [-0.2, -0.15) is 0 Å². The Balaban J connectivity index is 1.60. The van der Waals surface area contributed by atoms with Gasteiger partial charge in [0.05, 0.1) is 6.42 Å². The van der Waals surface area contributed by atoms with Crippen LogP contribution in [-0.4, -0.2) is 40.9 Å². The van der Waals surface area contributed by atoms with E-state index in [-0.39, 0.29) is 24.8 Å². The first-order chi connectivity index (χ1) is 18.9. The third kappa shape index (κ3) is 7.55. The maximum atomic E-state index is 13.8. The molecule has 0 aliphatic carbocycles. The molecule has 0 saturated carbocycles. The standard InChI is InChI=1S/C32H29ClN2O4/c33-25-12-8-11-24(21-25)22-34-31(38)28-15-6-4-13-26(28)27-14-5-7-16-29(27)32(39)35(20-18-30(36)37)19-17-23-9-2-1-3-10-23/h1-16,21H,17-20,22H2,(H,34,38)(H,36,37). The van der Waals surface area contributed by atoms with Crippen LogP contribution in [0.15, 0.2) is 103 Å². The summed E-state index contributed by atoms with van der Waals surface area (Å²) in [5.41, 5.74) is 3.99. The number of carboxylic acid groups (broad SMARTS) is 1. The van der Waals surface area contributed by atoms with Crippen LogP contribution in [-0.2, 0) is 17.8 Å². The molecule has 0 saturated heterocycles. The highest BCUT2D eigenvalue weighted by Crippen LogP contribution is 2.28. The molecule has 2 amide bonds. The molecule has 2 N–H and O–H groups in total. The molecule has 7 heteroatoms. The van der Waals surface area contributed by atoms with Crippen LogP contribution in [0.4, 0.5) is 0 Å². The van der Waals surface area contributed by atoms with Gasteiger partial charge in [-0.1, -0.05) is 90.5 Å². The van der Waals surface area contributed by atoms with Crippen molar-refractivity contribution in [3.63, 3.8) is 0 Å². The molecule has 0 spiro atoms. The van der Waals surface area contributed by atoms with Gasteiger partial charge in [-0.25, -0.2) is 0 Å². The predicted octanol–water partition coefficient (Wildman–Crippen LogP) is 6.10. The molecule has 4 aromatic carbocycles. The molecule has 4 aromatic rings. The van der Waals surface area contributed by atoms with Crippen molar-refractivity contribution in [3.05, 3.63) is 130 Å². The van der Waals surface area contributed by atoms with Gasteiger partial charge < -0.3 is 15.3 Å². The van der Waals surface area contributed by atoms with E-state index in [4.69, 9.17) is 11.6 Å². The number of amides is 2. The molecule has 4 rings (SSSR count). The number of hydrogen-bond donors (Lipinski definition) is 2. The molecule has 0 unspecified atom stereocenters. The van der Waals surface area contributed by atoms with Gasteiger partial charge in [0.2, 0.25) is 0 Å². The maximum absolute atomic E-state index is 13.8. The summed E-state index contributed by atoms with van der Waals surface area (Å²) < 4.78 is 0. The van der Waals surface area contributed by atoms with Crippen molar-refractivity contribution in [1.29, 1.82) is 0 Å². The second-order valence-corrected chi connectivity index (χ2v) is 9.51. The first kappa shape index (κ1) is 27.6. The van der Waals surface area contributed by atoms with E-state index >= 15 is 0 Å². The Morgan fingerprint density at radius 3 is 2.03 bits per heavy atom. The molecule has 0 heterocycles. The second kappa shape index (κ2) is 13.4. The summed E-state index contributed by atoms with van der Waals surface area (Å²) in [6.45, 7) is 0.750. The number of aliphatic carboxylic acids is 1. The van der Waals surface area contributed by atoms with E-state index in [1.807, 2.05) is 66.7 Å². The summed E-state index contributed by atoms with van der Waals surface area (Å²) in [6.07, 6.45) is 0.433. The van der Waals surface area contributed by atoms with Gasteiger partial charge in [-0.3, -0.25) is 14.4 Å². The minimum Gasteiger partial charge on any atom is -0.481 e. The molecule has 198 valence electrons. The van der Waals surface area contributed by atoms with Crippen molar-refractivity contribution in [1.82, 2.24) is 10.2 Å². The highest BCUT2D eigenvalue weighted by atomic mass is 35.5. The number of benzene rings is 4. The SMILES string of the molecule is O=C(O)CCN(CCc1ccccc1)C(=O)c1ccccc1-c1ccccc1C(=O)NCc1cccc(Cl)c1. The first-order valence-electron chi connectivity index (χ1n) is 12.7. The summed E-state index contributed by atoms with van der Waals surface area (Å²) in [7, 11) is 0. The van der Waals surface area contributed by atoms with Crippen molar-refractivity contribution in [2.45, 2.75) is 19.4 Å². The third-order valence-electron chi connectivity index (χ3n) is 6.36. The predicted molar refractivity (Wildman–Crippen MR) is 153 cm³/mol. The second-order valence-electron chi connectivity index (χ2n) is 9.08. The van der Waals surface area contributed by atoms with Gasteiger partial charge in [0, 0.05) is 35.8 Å². The van der Waals surface area contributed by atoms with Gasteiger partial charge in [0.25, 0.3) is 11.8 Å². The first-order valence-corrected chi connectivity index (χ1v) is 13.1. The number of hydrogen-bond acceptors (Lipinski definition) is 3. The van der Waals surface area contributed by atoms with E-state index in [1.54, 1.807) is 41.3 Å². The number of rotatable bonds is 11. The van der Waals surface area contributed by atoms with Gasteiger partial charge in [-0.15, -0.1) is 0 Å². The number of carboxylic acids is 1. The smallest absolute Gasteiger partial charge is 0.305 e. The normalized spacial score (nSPS) is 10.6. The molecule has 0 fully saturated rings. The van der Waals surface area contributed by atoms with Crippen molar-refractivity contribution < 1.29 is 19.5 Å². The maximum Gasteiger partial charge on any atom is 0.305 e. The fourth-order valence-corrected chi connectivity index (χ4v) is 4.58. The van der Waals surface area contributed by atoms with Crippen LogP contribution in [0.2, 0.25) is 5.02 Å². The monoisotopic (exact) mass is 540 g/mol. The van der Waals surface area contributed by atoms with Gasteiger partial charge >= 0.3 is 5.97 Å². The van der Waals surface area contributed by atoms with Crippen molar-refractivity contribution >= 4 is 29.4 Å². The van der Waals surface area contributed by atoms with E-state index in [0.29, 0.717) is 46.8 Å². The van der Waals surface area contributed by atoms with Crippen LogP contribution in [0.1, 0.15) is 38.3 Å². The van der Waals surface area contributed by atoms with Gasteiger partial charge in [0.1, 0.15) is 0 Å². The Kier molecular flexibility index (Phi) is 9.48. The number of nitrogens with one attached hydrogen (secondary N) is 1. The zero-order valence-corrected chi connectivity index (χ0v) is 22.1. The highest BCUT2D eigenvalue weighted by Gasteiger charge is 2.22. The van der Waals surface area contributed by atoms with Crippen LogP contribution in [0, 0.1) is 0 Å². The molecule has 0 aromatic heterocycles. The molecule has 0 bridgehead atoms. The van der Waals surface area contributed by atoms with Gasteiger partial charge in [-0.05, 0) is 52.9 Å². The fourth-order valence-electron chi connectivity index (χ4n) is 4.37. The summed E-state index contributed by atoms with van der Waals surface area (Å²) in [4.78, 5) is 40.0. The average Bonchev–Trinajstić information content (AvgIpc) is 2.96. The molecule has 0 aliphatic heterocycles. The van der Waals surface area contributed by atoms with Gasteiger partial charge in [0.15, 0.2) is 0 Å². The Morgan fingerprint density at radius 2 is 1.33 bits per heavy atom. The lowest BCUT2D eigenvalue weighted by molar-refractivity contribution is -0.137. The van der Waals surface area contributed by atoms with Crippen LogP contribution >= 0.6 is 11.6 Å². The van der Waals surface area contributed by atoms with Crippen LogP contribution in [0.25, 0.3) is 11.1 Å². The molecule has 0 aliphatic rings. The molecular formula is C32H29ClN2O4. The molecular weight excluding hydrogens is 512 g/mol. The van der Waals surface area contributed by atoms with Crippen LogP contribution in [0.5, 0.6) is 0 Å². The summed E-state index contributed by atoms with van der Waals surface area (Å²) in [5, 5.41) is 12.8. The molecule has 6 nitrogen and oxygen atoms in total. The Labute approximate surface area is 232 Å². The summed E-state index contributed by atoms with van der Waals surface area (Å²) >= 11 is 6.07.